The van der Waals surface area contributed by atoms with Crippen molar-refractivity contribution in [1.82, 2.24) is 0 Å². The fourth-order valence-electron chi connectivity index (χ4n) is 15.4. The lowest BCUT2D eigenvalue weighted by atomic mass is 9.65. The molecule has 0 bridgehead atoms. The Morgan fingerprint density at radius 2 is 0.700 bits per heavy atom. The summed E-state index contributed by atoms with van der Waals surface area (Å²) in [7, 11) is 0. The number of aryl methyl sites for hydroxylation is 4. The molecule has 0 saturated carbocycles. The van der Waals surface area contributed by atoms with Crippen LogP contribution in [0.25, 0.3) is 75.0 Å². The molecule has 0 unspecified atom stereocenters. The van der Waals surface area contributed by atoms with Crippen molar-refractivity contribution in [2.75, 3.05) is 0 Å². The summed E-state index contributed by atoms with van der Waals surface area (Å²) in [6, 6.07) is 79.6. The van der Waals surface area contributed by atoms with E-state index in [1.807, 2.05) is 46.9 Å². The number of thiophene rings is 4. The van der Waals surface area contributed by atoms with Crippen molar-refractivity contribution in [2.24, 2.45) is 0 Å². The van der Waals surface area contributed by atoms with E-state index in [2.05, 4.69) is 232 Å². The lowest BCUT2D eigenvalue weighted by Gasteiger charge is -2.36. The molecule has 2 aliphatic rings. The molecule has 0 aliphatic heterocycles. The maximum absolute atomic E-state index is 9.64. The van der Waals surface area contributed by atoms with Crippen LogP contribution >= 0.6 is 45.3 Å². The Morgan fingerprint density at radius 1 is 0.370 bits per heavy atom. The van der Waals surface area contributed by atoms with Crippen LogP contribution in [0.2, 0.25) is 0 Å². The van der Waals surface area contributed by atoms with Gasteiger partial charge in [0.2, 0.25) is 0 Å². The minimum absolute atomic E-state index is 0.111. The summed E-state index contributed by atoms with van der Waals surface area (Å²) in [5, 5.41) is 19.3. The molecule has 11 aromatic rings. The minimum atomic E-state index is -0.672. The Kier molecular flexibility index (Phi) is 22.1. The van der Waals surface area contributed by atoms with Gasteiger partial charge >= 0.3 is 5.82 Å². The highest BCUT2D eigenvalue weighted by atomic mass is 32.1. The summed E-state index contributed by atoms with van der Waals surface area (Å²) in [6.45, 7) is 24.3. The fourth-order valence-corrected chi connectivity index (χ4v) is 19.7. The van der Waals surface area contributed by atoms with E-state index in [0.29, 0.717) is 9.06 Å². The third-order valence-corrected chi connectivity index (χ3v) is 25.2. The third kappa shape index (κ3) is 14.0. The van der Waals surface area contributed by atoms with Gasteiger partial charge in [-0.15, -0.1) is 45.3 Å². The van der Waals surface area contributed by atoms with E-state index in [4.69, 9.17) is 13.1 Å². The van der Waals surface area contributed by atoms with Gasteiger partial charge in [-0.2, -0.15) is 20.2 Å². The zero-order valence-electron chi connectivity index (χ0n) is 58.2. The number of nitrogens with zero attached hydrogens (tertiary/aromatic N) is 4. The number of hydrogen-bond acceptors (Lipinski definition) is 6. The number of rotatable bonds is 28. The quantitative estimate of drug-likeness (QED) is 0.0362. The Hall–Kier alpha value is -9.22. The van der Waals surface area contributed by atoms with Gasteiger partial charge in [0.15, 0.2) is 0 Å². The molecule has 0 amide bonds. The molecular weight excluding hydrogens is 1290 g/mol. The van der Waals surface area contributed by atoms with E-state index < -0.39 is 10.8 Å². The average molecular weight is 1380 g/mol. The van der Waals surface area contributed by atoms with E-state index in [9.17, 15) is 10.5 Å². The standard InChI is InChI=1S/C92H86N4S4/c1-7-11-15-19-23-63-31-43-72(44-32-63)91(73-45-33-64(34-46-73)24-20-16-12-8-2)80-58-79-81(57-78(80)88-82(91)59-86(99-88)69-39-27-67(28-40-69)55-76-51-53-84(97-76)71(61-93)62-94)92(74-47-35-65(36-48-74)25-21-17-13-9-3,75-49-37-66(38-50-75)26-22-18-14-10-4)83-60-87(100-89(79)83)70-41-29-68(30-42-70)56-77-52-54-85(98-77)90(95-5)96-6/h27-60H,7-26H2,1-4H3/b76-55+,77-56+. The van der Waals surface area contributed by atoms with Gasteiger partial charge < -0.3 is 0 Å². The van der Waals surface area contributed by atoms with E-state index in [1.54, 1.807) is 0 Å². The zero-order chi connectivity index (χ0) is 69.0. The Morgan fingerprint density at radius 3 is 1.02 bits per heavy atom. The van der Waals surface area contributed by atoms with Gasteiger partial charge in [0.25, 0.3) is 0 Å². The predicted molar refractivity (Wildman–Crippen MR) is 425 cm³/mol. The van der Waals surface area contributed by atoms with Crippen molar-refractivity contribution >= 4 is 68.9 Å². The van der Waals surface area contributed by atoms with Crippen LogP contribution in [0.1, 0.15) is 208 Å². The van der Waals surface area contributed by atoms with Crippen molar-refractivity contribution in [2.45, 2.75) is 167 Å². The first-order valence-electron chi connectivity index (χ1n) is 36.4. The first-order chi connectivity index (χ1) is 49.2. The van der Waals surface area contributed by atoms with Gasteiger partial charge in [0.1, 0.15) is 35.4 Å². The number of benzene rings is 7. The molecule has 4 heterocycles. The summed E-state index contributed by atoms with van der Waals surface area (Å²) in [5.41, 5.74) is 21.8. The van der Waals surface area contributed by atoms with Crippen molar-refractivity contribution < 1.29 is 0 Å². The second-order valence-corrected chi connectivity index (χ2v) is 31.6. The van der Waals surface area contributed by atoms with Gasteiger partial charge in [-0.1, -0.05) is 250 Å². The molecule has 2 aliphatic carbocycles. The first-order valence-corrected chi connectivity index (χ1v) is 39.7. The van der Waals surface area contributed by atoms with Crippen LogP contribution in [0.4, 0.5) is 0 Å². The van der Waals surface area contributed by atoms with Crippen molar-refractivity contribution in [1.29, 1.82) is 10.5 Å². The molecule has 0 radical (unpaired) electrons. The summed E-state index contributed by atoms with van der Waals surface area (Å²) in [4.78, 5) is 12.0. The summed E-state index contributed by atoms with van der Waals surface area (Å²) in [6.07, 6.45) is 28.1. The van der Waals surface area contributed by atoms with Crippen LogP contribution in [0.15, 0.2) is 194 Å². The lowest BCUT2D eigenvalue weighted by Crippen LogP contribution is -2.30. The fraction of sp³-hybridized carbons (Fsp3) is 0.283. The number of unbranched alkanes of at least 4 members (excludes halogenated alkanes) is 12. The number of hydrogen-bond donors (Lipinski definition) is 0. The zero-order valence-corrected chi connectivity index (χ0v) is 61.5. The van der Waals surface area contributed by atoms with Crippen molar-refractivity contribution in [3.8, 4) is 53.9 Å². The van der Waals surface area contributed by atoms with Crippen molar-refractivity contribution in [3.63, 3.8) is 0 Å². The Bertz CT molecular complexity index is 4670. The second-order valence-electron chi connectivity index (χ2n) is 27.3. The SMILES string of the molecule is [C-]#[N+]C([N+]#[C-])=c1cc/c(=C\c2ccc(-c3cc4c(s3)-c3cc5c(cc3C4(c3ccc(CCCCCC)cc3)c3ccc(CCCCCC)cc3)-c3sc(-c4ccc(/C=c6\ccc(=C(C#N)C#N)s6)cc4)cc3C5(c3ccc(CCCCCC)cc3)c3ccc(CCCCCC)cc3)cc2)s1. The van der Waals surface area contributed by atoms with E-state index in [1.165, 1.54) is 234 Å². The molecule has 0 atom stereocenters. The smallest absolute Gasteiger partial charge is 0.192 e. The lowest BCUT2D eigenvalue weighted by molar-refractivity contribution is 0.666. The first kappa shape index (κ1) is 69.3. The van der Waals surface area contributed by atoms with Gasteiger partial charge in [-0.25, -0.2) is 0 Å². The van der Waals surface area contributed by atoms with Gasteiger partial charge in [-0.05, 0) is 212 Å². The average Bonchev–Trinajstić information content (AvgIpc) is 1.52. The maximum atomic E-state index is 9.64. The molecule has 498 valence electrons. The van der Waals surface area contributed by atoms with E-state index >= 15 is 0 Å². The topological polar surface area (TPSA) is 56.3 Å². The molecule has 4 nitrogen and oxygen atoms in total. The highest BCUT2D eigenvalue weighted by molar-refractivity contribution is 7.19. The molecule has 0 spiro atoms. The van der Waals surface area contributed by atoms with Crippen molar-refractivity contribution in [3.05, 3.63) is 313 Å². The van der Waals surface area contributed by atoms with E-state index in [-0.39, 0.29) is 11.4 Å². The highest BCUT2D eigenvalue weighted by Crippen LogP contribution is 2.66. The van der Waals surface area contributed by atoms with Crippen LogP contribution in [-0.4, -0.2) is 0 Å². The number of fused-ring (bicyclic) bond motifs is 6. The summed E-state index contributed by atoms with van der Waals surface area (Å²) in [5.74, 6) is 0.111. The van der Waals surface area contributed by atoms with Crippen LogP contribution in [0.5, 0.6) is 0 Å². The van der Waals surface area contributed by atoms with Crippen LogP contribution < -0.4 is 18.1 Å². The minimum Gasteiger partial charge on any atom is -0.192 e. The second kappa shape index (κ2) is 32.0. The van der Waals surface area contributed by atoms with Gasteiger partial charge in [-0.3, -0.25) is 0 Å². The molecular formula is C92H86N4S4. The molecule has 13 rings (SSSR count). The third-order valence-electron chi connectivity index (χ3n) is 20.7. The van der Waals surface area contributed by atoms with Crippen LogP contribution in [0.3, 0.4) is 0 Å². The van der Waals surface area contributed by atoms with Gasteiger partial charge in [0, 0.05) is 28.6 Å². The monoisotopic (exact) mass is 1370 g/mol. The molecule has 100 heavy (non-hydrogen) atoms. The summed E-state index contributed by atoms with van der Waals surface area (Å²) >= 11 is 6.81. The molecule has 8 heteroatoms. The molecule has 0 N–H and O–H groups in total. The number of nitriles is 2. The molecule has 7 aromatic carbocycles. The molecule has 0 fully saturated rings. The predicted octanol–water partition coefficient (Wildman–Crippen LogP) is 23.2. The normalized spacial score (nSPS) is 13.2. The van der Waals surface area contributed by atoms with E-state index in [0.717, 1.165) is 45.9 Å². The highest BCUT2D eigenvalue weighted by Gasteiger charge is 2.53. The largest absolute Gasteiger partial charge is 0.536 e. The Labute approximate surface area is 608 Å². The van der Waals surface area contributed by atoms with Crippen LogP contribution in [-0.2, 0) is 36.5 Å². The van der Waals surface area contributed by atoms with Crippen LogP contribution in [0, 0.1) is 35.8 Å². The maximum Gasteiger partial charge on any atom is 0.536 e. The Balaban J connectivity index is 1.05. The molecule has 4 aromatic heterocycles. The molecule has 0 saturated heterocycles. The summed E-state index contributed by atoms with van der Waals surface area (Å²) < 4.78 is 3.39. The van der Waals surface area contributed by atoms with Gasteiger partial charge in [0.05, 0.1) is 15.4 Å².